The van der Waals surface area contributed by atoms with Gasteiger partial charge in [0.2, 0.25) is 15.9 Å². The lowest BCUT2D eigenvalue weighted by atomic mass is 9.93. The van der Waals surface area contributed by atoms with Crippen LogP contribution in [0.4, 0.5) is 10.1 Å². The molecule has 0 fully saturated rings. The molecule has 0 aliphatic carbocycles. The number of amides is 1. The normalized spacial score (nSPS) is 20.0. The zero-order chi connectivity index (χ0) is 19.8. The molecule has 1 heterocycles. The summed E-state index contributed by atoms with van der Waals surface area (Å²) in [5.74, 6) is -0.754. The number of rotatable bonds is 5. The number of halogens is 1. The third kappa shape index (κ3) is 4.33. The molecule has 2 aromatic rings. The van der Waals surface area contributed by atoms with Gasteiger partial charge in [-0.2, -0.15) is 0 Å². The van der Waals surface area contributed by atoms with Crippen molar-refractivity contribution in [1.82, 2.24) is 0 Å². The average Bonchev–Trinajstić information content (AvgIpc) is 2.94. The van der Waals surface area contributed by atoms with Crippen LogP contribution in [-0.2, 0) is 14.8 Å². The van der Waals surface area contributed by atoms with Gasteiger partial charge in [0.15, 0.2) is 0 Å². The molecule has 27 heavy (non-hydrogen) atoms. The Morgan fingerprint density at radius 3 is 2.19 bits per heavy atom. The number of sulfonamides is 1. The maximum atomic E-state index is 13.3. The molecular formula is C19H19FN2O3S2. The van der Waals surface area contributed by atoms with Gasteiger partial charge < -0.3 is 5.73 Å². The summed E-state index contributed by atoms with van der Waals surface area (Å²) in [6.07, 6.45) is 1.51. The number of anilines is 1. The van der Waals surface area contributed by atoms with E-state index in [0.717, 1.165) is 27.9 Å². The van der Waals surface area contributed by atoms with Gasteiger partial charge in [0.05, 0.1) is 6.26 Å². The fourth-order valence-corrected chi connectivity index (χ4v) is 4.80. The summed E-state index contributed by atoms with van der Waals surface area (Å²) in [5, 5.41) is 0. The highest BCUT2D eigenvalue weighted by atomic mass is 32.2. The fourth-order valence-electron chi connectivity index (χ4n) is 2.90. The highest BCUT2D eigenvalue weighted by Crippen LogP contribution is 2.54. The Kier molecular flexibility index (Phi) is 5.05. The predicted octanol–water partition coefficient (Wildman–Crippen LogP) is 3.45. The van der Waals surface area contributed by atoms with Gasteiger partial charge in [-0.25, -0.2) is 12.8 Å². The number of primary amides is 1. The maximum Gasteiger partial charge on any atom is 0.234 e. The first-order chi connectivity index (χ1) is 12.6. The van der Waals surface area contributed by atoms with E-state index in [-0.39, 0.29) is 5.82 Å². The van der Waals surface area contributed by atoms with E-state index in [9.17, 15) is 17.6 Å². The van der Waals surface area contributed by atoms with Gasteiger partial charge in [0.1, 0.15) is 10.6 Å². The van der Waals surface area contributed by atoms with Gasteiger partial charge in [0.25, 0.3) is 0 Å². The molecule has 0 spiro atoms. The molecule has 1 amide bonds. The average molecular weight is 407 g/mol. The maximum absolute atomic E-state index is 13.3. The van der Waals surface area contributed by atoms with E-state index in [1.807, 2.05) is 0 Å². The summed E-state index contributed by atoms with van der Waals surface area (Å²) in [6.45, 7) is 1.79. The molecular weight excluding hydrogens is 387 g/mol. The largest absolute Gasteiger partial charge is 0.368 e. The molecule has 3 N–H and O–H groups in total. The van der Waals surface area contributed by atoms with Crippen LogP contribution >= 0.6 is 11.8 Å². The van der Waals surface area contributed by atoms with Gasteiger partial charge in [-0.1, -0.05) is 24.3 Å². The Morgan fingerprint density at radius 1 is 1.11 bits per heavy atom. The molecule has 0 aromatic heterocycles. The van der Waals surface area contributed by atoms with Crippen molar-refractivity contribution in [1.29, 1.82) is 0 Å². The van der Waals surface area contributed by atoms with Crippen LogP contribution in [0.3, 0.4) is 0 Å². The third-order valence-electron chi connectivity index (χ3n) is 4.28. The van der Waals surface area contributed by atoms with E-state index >= 15 is 0 Å². The summed E-state index contributed by atoms with van der Waals surface area (Å²) in [5.41, 5.74) is 8.63. The Bertz CT molecular complexity index is 1020. The number of allylic oxidation sites excluding steroid dienone is 1. The van der Waals surface area contributed by atoms with Crippen molar-refractivity contribution in [2.75, 3.05) is 11.0 Å². The van der Waals surface area contributed by atoms with Gasteiger partial charge in [0, 0.05) is 10.6 Å². The van der Waals surface area contributed by atoms with Crippen molar-refractivity contribution >= 4 is 43.9 Å². The molecule has 8 heteroatoms. The lowest BCUT2D eigenvalue weighted by Crippen LogP contribution is -2.36. The molecule has 1 unspecified atom stereocenters. The number of carbonyl (C=O) groups is 1. The van der Waals surface area contributed by atoms with E-state index in [2.05, 4.69) is 4.72 Å². The third-order valence-corrected chi connectivity index (χ3v) is 6.37. The van der Waals surface area contributed by atoms with Gasteiger partial charge in [-0.05, 0) is 54.3 Å². The Morgan fingerprint density at radius 2 is 1.67 bits per heavy atom. The summed E-state index contributed by atoms with van der Waals surface area (Å²) in [6, 6.07) is 13.0. The van der Waals surface area contributed by atoms with E-state index in [1.165, 1.54) is 23.9 Å². The standard InChI is InChI=1S/C19H19FN2O3S2/c1-19(18(21)23)11-16(17(26-19)13-3-7-14(20)8-4-13)12-5-9-15(10-6-12)22-27(2,24)25/h3-10,22H,11H2,1-2H3,(H2,21,23). The van der Waals surface area contributed by atoms with Crippen LogP contribution in [-0.4, -0.2) is 25.3 Å². The van der Waals surface area contributed by atoms with Crippen molar-refractivity contribution < 1.29 is 17.6 Å². The number of thioether (sulfide) groups is 1. The second kappa shape index (κ2) is 7.01. The van der Waals surface area contributed by atoms with Crippen LogP contribution in [0.2, 0.25) is 0 Å². The predicted molar refractivity (Wildman–Crippen MR) is 108 cm³/mol. The summed E-state index contributed by atoms with van der Waals surface area (Å²) in [7, 11) is -3.36. The molecule has 0 radical (unpaired) electrons. The number of nitrogens with one attached hydrogen (secondary N) is 1. The Balaban J connectivity index is 2.03. The van der Waals surface area contributed by atoms with Crippen LogP contribution in [0.15, 0.2) is 48.5 Å². The minimum atomic E-state index is -3.36. The van der Waals surface area contributed by atoms with Crippen molar-refractivity contribution in [2.24, 2.45) is 5.73 Å². The van der Waals surface area contributed by atoms with Crippen LogP contribution in [0.1, 0.15) is 24.5 Å². The molecule has 1 aliphatic heterocycles. The van der Waals surface area contributed by atoms with Crippen molar-refractivity contribution in [3.63, 3.8) is 0 Å². The molecule has 2 aromatic carbocycles. The highest BCUT2D eigenvalue weighted by molar-refractivity contribution is 8.10. The fraction of sp³-hybridized carbons (Fsp3) is 0.211. The molecule has 5 nitrogen and oxygen atoms in total. The summed E-state index contributed by atoms with van der Waals surface area (Å²) in [4.78, 5) is 12.8. The zero-order valence-electron chi connectivity index (χ0n) is 14.8. The smallest absolute Gasteiger partial charge is 0.234 e. The highest BCUT2D eigenvalue weighted by Gasteiger charge is 2.41. The summed E-state index contributed by atoms with van der Waals surface area (Å²) >= 11 is 1.37. The topological polar surface area (TPSA) is 89.3 Å². The first-order valence-electron chi connectivity index (χ1n) is 8.14. The quantitative estimate of drug-likeness (QED) is 0.796. The molecule has 0 saturated carbocycles. The first-order valence-corrected chi connectivity index (χ1v) is 10.8. The SMILES string of the molecule is CC1(C(N)=O)CC(c2ccc(NS(C)(=O)=O)cc2)=C(c2ccc(F)cc2)S1. The van der Waals surface area contributed by atoms with Crippen molar-refractivity contribution in [2.45, 2.75) is 18.1 Å². The Hall–Kier alpha value is -2.32. The van der Waals surface area contributed by atoms with Gasteiger partial charge >= 0.3 is 0 Å². The van der Waals surface area contributed by atoms with Crippen LogP contribution in [0.5, 0.6) is 0 Å². The number of nitrogens with two attached hydrogens (primary N) is 1. The van der Waals surface area contributed by atoms with Crippen molar-refractivity contribution in [3.8, 4) is 0 Å². The number of hydrogen-bond donors (Lipinski definition) is 2. The van der Waals surface area contributed by atoms with Crippen LogP contribution in [0, 0.1) is 5.82 Å². The number of benzene rings is 2. The van der Waals surface area contributed by atoms with E-state index in [0.29, 0.717) is 12.1 Å². The van der Waals surface area contributed by atoms with Gasteiger partial charge in [-0.15, -0.1) is 11.8 Å². The van der Waals surface area contributed by atoms with E-state index < -0.39 is 20.7 Å². The lowest BCUT2D eigenvalue weighted by molar-refractivity contribution is -0.119. The van der Waals surface area contributed by atoms with Crippen LogP contribution < -0.4 is 10.5 Å². The number of carbonyl (C=O) groups excluding carboxylic acids is 1. The molecule has 0 bridgehead atoms. The number of hydrogen-bond acceptors (Lipinski definition) is 4. The van der Waals surface area contributed by atoms with Crippen LogP contribution in [0.25, 0.3) is 10.5 Å². The zero-order valence-corrected chi connectivity index (χ0v) is 16.5. The molecule has 0 saturated heterocycles. The molecule has 142 valence electrons. The lowest BCUT2D eigenvalue weighted by Gasteiger charge is -2.19. The minimum Gasteiger partial charge on any atom is -0.368 e. The van der Waals surface area contributed by atoms with E-state index in [4.69, 9.17) is 5.73 Å². The Labute approximate surface area is 161 Å². The minimum absolute atomic E-state index is 0.335. The molecule has 3 rings (SSSR count). The first kappa shape index (κ1) is 19.4. The van der Waals surface area contributed by atoms with E-state index in [1.54, 1.807) is 43.3 Å². The van der Waals surface area contributed by atoms with Crippen molar-refractivity contribution in [3.05, 3.63) is 65.5 Å². The second-order valence-corrected chi connectivity index (χ2v) is 9.90. The monoisotopic (exact) mass is 406 g/mol. The summed E-state index contributed by atoms with van der Waals surface area (Å²) < 4.78 is 37.6. The second-order valence-electron chi connectivity index (χ2n) is 6.64. The molecule has 1 atom stereocenters. The molecule has 1 aliphatic rings. The van der Waals surface area contributed by atoms with Gasteiger partial charge in [-0.3, -0.25) is 9.52 Å².